The number of ketones is 1. The zero-order chi connectivity index (χ0) is 15.2. The van der Waals surface area contributed by atoms with Crippen LogP contribution in [0.25, 0.3) is 0 Å². The number of ether oxygens (including phenoxy) is 2. The van der Waals surface area contributed by atoms with Gasteiger partial charge in [0.2, 0.25) is 5.78 Å². The standard InChI is InChI=1S/C16H14O4S/c1-19-13-9-8-11(10-14(13)20-2)15(17)16(18)21-12-6-4-3-5-7-12/h3-10H,1-2H3. The second kappa shape index (κ2) is 6.95. The molecule has 0 aliphatic carbocycles. The second-order valence-corrected chi connectivity index (χ2v) is 5.15. The van der Waals surface area contributed by atoms with Gasteiger partial charge < -0.3 is 9.47 Å². The molecular formula is C16H14O4S. The molecule has 0 fully saturated rings. The maximum atomic E-state index is 12.2. The highest BCUT2D eigenvalue weighted by Crippen LogP contribution is 2.29. The molecule has 0 unspecified atom stereocenters. The lowest BCUT2D eigenvalue weighted by Gasteiger charge is -2.08. The lowest BCUT2D eigenvalue weighted by atomic mass is 10.1. The van der Waals surface area contributed by atoms with E-state index in [9.17, 15) is 9.59 Å². The molecule has 2 aromatic carbocycles. The van der Waals surface area contributed by atoms with Crippen molar-refractivity contribution in [2.75, 3.05) is 14.2 Å². The fourth-order valence-corrected chi connectivity index (χ4v) is 2.46. The van der Waals surface area contributed by atoms with Gasteiger partial charge in [-0.15, -0.1) is 0 Å². The van der Waals surface area contributed by atoms with Gasteiger partial charge in [0, 0.05) is 10.5 Å². The number of carbonyl (C=O) groups excluding carboxylic acids is 2. The summed E-state index contributed by atoms with van der Waals surface area (Å²) in [6.45, 7) is 0. The molecule has 0 bridgehead atoms. The Hall–Kier alpha value is -2.27. The maximum absolute atomic E-state index is 12.2. The van der Waals surface area contributed by atoms with Crippen LogP contribution in [0.2, 0.25) is 0 Å². The first-order valence-electron chi connectivity index (χ1n) is 6.19. The summed E-state index contributed by atoms with van der Waals surface area (Å²) in [5.41, 5.74) is 0.279. The summed E-state index contributed by atoms with van der Waals surface area (Å²) >= 11 is 0.909. The molecule has 0 amide bonds. The van der Waals surface area contributed by atoms with Crippen molar-refractivity contribution in [2.45, 2.75) is 4.90 Å². The highest BCUT2D eigenvalue weighted by atomic mass is 32.2. The Kier molecular flexibility index (Phi) is 5.00. The summed E-state index contributed by atoms with van der Waals surface area (Å²) in [5, 5.41) is -0.534. The third-order valence-electron chi connectivity index (χ3n) is 2.78. The van der Waals surface area contributed by atoms with Crippen molar-refractivity contribution in [1.82, 2.24) is 0 Å². The number of thioether (sulfide) groups is 1. The van der Waals surface area contributed by atoms with Crippen molar-refractivity contribution in [3.8, 4) is 11.5 Å². The number of methoxy groups -OCH3 is 2. The average Bonchev–Trinajstić information content (AvgIpc) is 2.54. The third-order valence-corrected chi connectivity index (χ3v) is 3.66. The predicted octanol–water partition coefficient (Wildman–Crippen LogP) is 3.21. The highest BCUT2D eigenvalue weighted by Gasteiger charge is 2.19. The maximum Gasteiger partial charge on any atom is 0.264 e. The Morgan fingerprint density at radius 2 is 1.57 bits per heavy atom. The largest absolute Gasteiger partial charge is 0.493 e. The first-order valence-corrected chi connectivity index (χ1v) is 7.01. The molecule has 2 rings (SSSR count). The zero-order valence-electron chi connectivity index (χ0n) is 11.7. The van der Waals surface area contributed by atoms with E-state index in [1.54, 1.807) is 24.3 Å². The van der Waals surface area contributed by atoms with Gasteiger partial charge in [0.05, 0.1) is 14.2 Å². The molecular weight excluding hydrogens is 288 g/mol. The number of hydrogen-bond acceptors (Lipinski definition) is 5. The lowest BCUT2D eigenvalue weighted by molar-refractivity contribution is -0.107. The molecule has 5 heteroatoms. The van der Waals surface area contributed by atoms with Gasteiger partial charge >= 0.3 is 0 Å². The molecule has 2 aromatic rings. The van der Waals surface area contributed by atoms with E-state index in [0.29, 0.717) is 11.5 Å². The molecule has 0 radical (unpaired) electrons. The highest BCUT2D eigenvalue weighted by molar-refractivity contribution is 8.15. The van der Waals surface area contributed by atoms with Crippen LogP contribution in [0.15, 0.2) is 53.4 Å². The van der Waals surface area contributed by atoms with E-state index in [1.807, 2.05) is 18.2 Å². The molecule has 0 heterocycles. The van der Waals surface area contributed by atoms with E-state index in [4.69, 9.17) is 9.47 Å². The predicted molar refractivity (Wildman–Crippen MR) is 81.2 cm³/mol. The number of benzene rings is 2. The van der Waals surface area contributed by atoms with Gasteiger partial charge in [0.25, 0.3) is 5.12 Å². The molecule has 0 atom stereocenters. The van der Waals surface area contributed by atoms with Crippen LogP contribution in [0.1, 0.15) is 10.4 Å². The van der Waals surface area contributed by atoms with E-state index in [2.05, 4.69) is 0 Å². The van der Waals surface area contributed by atoms with Crippen LogP contribution in [-0.4, -0.2) is 25.1 Å². The van der Waals surface area contributed by atoms with Crippen LogP contribution in [-0.2, 0) is 4.79 Å². The minimum atomic E-state index is -0.565. The number of hydrogen-bond donors (Lipinski definition) is 0. The summed E-state index contributed by atoms with van der Waals surface area (Å²) < 4.78 is 10.2. The van der Waals surface area contributed by atoms with Crippen LogP contribution >= 0.6 is 11.8 Å². The van der Waals surface area contributed by atoms with Crippen LogP contribution in [0.5, 0.6) is 11.5 Å². The van der Waals surface area contributed by atoms with Crippen molar-refractivity contribution in [1.29, 1.82) is 0 Å². The molecule has 0 saturated heterocycles. The van der Waals surface area contributed by atoms with E-state index in [-0.39, 0.29) is 5.56 Å². The number of rotatable bonds is 5. The molecule has 0 spiro atoms. The molecule has 21 heavy (non-hydrogen) atoms. The molecule has 4 nitrogen and oxygen atoms in total. The van der Waals surface area contributed by atoms with Gasteiger partial charge in [-0.1, -0.05) is 18.2 Å². The molecule has 0 aliphatic rings. The van der Waals surface area contributed by atoms with Gasteiger partial charge in [-0.25, -0.2) is 0 Å². The van der Waals surface area contributed by atoms with Crippen molar-refractivity contribution in [3.05, 3.63) is 54.1 Å². The zero-order valence-corrected chi connectivity index (χ0v) is 12.5. The van der Waals surface area contributed by atoms with Gasteiger partial charge in [-0.05, 0) is 42.1 Å². The average molecular weight is 302 g/mol. The number of carbonyl (C=O) groups is 2. The first-order chi connectivity index (χ1) is 10.2. The Morgan fingerprint density at radius 3 is 2.19 bits per heavy atom. The molecule has 0 saturated carbocycles. The van der Waals surface area contributed by atoms with Crippen molar-refractivity contribution < 1.29 is 19.1 Å². The lowest BCUT2D eigenvalue weighted by Crippen LogP contribution is -2.10. The molecule has 108 valence electrons. The van der Waals surface area contributed by atoms with Crippen LogP contribution in [0.4, 0.5) is 0 Å². The Balaban J connectivity index is 2.18. The van der Waals surface area contributed by atoms with Crippen LogP contribution < -0.4 is 9.47 Å². The fourth-order valence-electron chi connectivity index (χ4n) is 1.74. The minimum absolute atomic E-state index is 0.279. The Labute approximate surface area is 127 Å². The van der Waals surface area contributed by atoms with Crippen molar-refractivity contribution in [3.63, 3.8) is 0 Å². The first kappa shape index (κ1) is 15.1. The topological polar surface area (TPSA) is 52.6 Å². The minimum Gasteiger partial charge on any atom is -0.493 e. The Bertz CT molecular complexity index is 653. The van der Waals surface area contributed by atoms with Crippen molar-refractivity contribution >= 4 is 22.7 Å². The molecule has 0 N–H and O–H groups in total. The summed E-state index contributed by atoms with van der Waals surface area (Å²) in [4.78, 5) is 24.9. The monoisotopic (exact) mass is 302 g/mol. The van der Waals surface area contributed by atoms with Gasteiger partial charge in [-0.2, -0.15) is 0 Å². The smallest absolute Gasteiger partial charge is 0.264 e. The summed E-state index contributed by atoms with van der Waals surface area (Å²) in [7, 11) is 2.99. The van der Waals surface area contributed by atoms with Crippen LogP contribution in [0.3, 0.4) is 0 Å². The van der Waals surface area contributed by atoms with Crippen LogP contribution in [0, 0.1) is 0 Å². The second-order valence-electron chi connectivity index (χ2n) is 4.10. The quantitative estimate of drug-likeness (QED) is 0.482. The third kappa shape index (κ3) is 3.64. The fraction of sp³-hybridized carbons (Fsp3) is 0.125. The SMILES string of the molecule is COc1ccc(C(=O)C(=O)Sc2ccccc2)cc1OC. The van der Waals surface area contributed by atoms with E-state index in [1.165, 1.54) is 20.3 Å². The van der Waals surface area contributed by atoms with Crippen molar-refractivity contribution in [2.24, 2.45) is 0 Å². The Morgan fingerprint density at radius 1 is 0.905 bits per heavy atom. The summed E-state index contributed by atoms with van der Waals surface area (Å²) in [5.74, 6) is 0.364. The molecule has 0 aromatic heterocycles. The van der Waals surface area contributed by atoms with Gasteiger partial charge in [0.1, 0.15) is 0 Å². The van der Waals surface area contributed by atoms with Gasteiger partial charge in [-0.3, -0.25) is 9.59 Å². The summed E-state index contributed by atoms with van der Waals surface area (Å²) in [6, 6.07) is 13.7. The normalized spacial score (nSPS) is 10.0. The van der Waals surface area contributed by atoms with E-state index in [0.717, 1.165) is 16.7 Å². The summed E-state index contributed by atoms with van der Waals surface area (Å²) in [6.07, 6.45) is 0. The van der Waals surface area contributed by atoms with E-state index >= 15 is 0 Å². The van der Waals surface area contributed by atoms with Gasteiger partial charge in [0.15, 0.2) is 11.5 Å². The van der Waals surface area contributed by atoms with E-state index < -0.39 is 10.9 Å². The number of Topliss-reactive ketones (excluding diaryl/α,β-unsaturated/α-hetero) is 1. The molecule has 0 aliphatic heterocycles.